The predicted octanol–water partition coefficient (Wildman–Crippen LogP) is 5.25. The van der Waals surface area contributed by atoms with Gasteiger partial charge in [-0.05, 0) is 65.8 Å². The van der Waals surface area contributed by atoms with Crippen LogP contribution in [-0.2, 0) is 34.8 Å². The van der Waals surface area contributed by atoms with E-state index in [0.717, 1.165) is 39.9 Å². The molecule has 1 saturated carbocycles. The van der Waals surface area contributed by atoms with Crippen LogP contribution in [-0.4, -0.2) is 72.8 Å². The van der Waals surface area contributed by atoms with Crippen LogP contribution < -0.4 is 14.5 Å². The SMILES string of the molecule is CCc1cc(C2=CCN(S(C)(=O)=O)CC2)ccc1N(C)c1cc2c(ncn2C)c(N(Cc2ccc(OC)cc2)C(=O)[C@H]2C[C@H]2F)n1. The number of nitrogens with zero attached hydrogens (tertiary/aromatic N) is 6. The number of anilines is 3. The Labute approximate surface area is 269 Å². The van der Waals surface area contributed by atoms with E-state index in [-0.39, 0.29) is 18.9 Å². The number of alkyl halides is 1. The van der Waals surface area contributed by atoms with Gasteiger partial charge in [-0.3, -0.25) is 9.69 Å². The van der Waals surface area contributed by atoms with E-state index in [1.54, 1.807) is 18.3 Å². The minimum atomic E-state index is -3.23. The van der Waals surface area contributed by atoms with Gasteiger partial charge in [0.2, 0.25) is 15.9 Å². The fourth-order valence-corrected chi connectivity index (χ4v) is 6.75. The van der Waals surface area contributed by atoms with E-state index in [0.29, 0.717) is 42.4 Å². The highest BCUT2D eigenvalue weighted by molar-refractivity contribution is 7.88. The van der Waals surface area contributed by atoms with Gasteiger partial charge in [-0.25, -0.2) is 22.8 Å². The van der Waals surface area contributed by atoms with Crippen molar-refractivity contribution in [3.05, 3.63) is 77.6 Å². The van der Waals surface area contributed by atoms with Crippen LogP contribution in [0.15, 0.2) is 60.9 Å². The first-order chi connectivity index (χ1) is 22.0. The number of sulfonamides is 1. The molecule has 1 aliphatic heterocycles. The summed E-state index contributed by atoms with van der Waals surface area (Å²) < 4.78 is 46.9. The summed E-state index contributed by atoms with van der Waals surface area (Å²) in [5.74, 6) is 0.705. The molecule has 0 spiro atoms. The Morgan fingerprint density at radius 3 is 2.50 bits per heavy atom. The van der Waals surface area contributed by atoms with Gasteiger partial charge in [-0.15, -0.1) is 0 Å². The number of carbonyl (C=O) groups is 1. The zero-order chi connectivity index (χ0) is 32.7. The van der Waals surface area contributed by atoms with Crippen LogP contribution >= 0.6 is 0 Å². The number of pyridine rings is 1. The minimum Gasteiger partial charge on any atom is -0.497 e. The monoisotopic (exact) mass is 646 g/mol. The van der Waals surface area contributed by atoms with Crippen LogP contribution in [0.2, 0.25) is 0 Å². The van der Waals surface area contributed by atoms with Gasteiger partial charge in [0.05, 0.1) is 37.7 Å². The summed E-state index contributed by atoms with van der Waals surface area (Å²) in [7, 11) is 2.21. The number of amides is 1. The van der Waals surface area contributed by atoms with Gasteiger partial charge in [0, 0.05) is 38.9 Å². The number of fused-ring (bicyclic) bond motifs is 1. The first-order valence-corrected chi connectivity index (χ1v) is 17.2. The first-order valence-electron chi connectivity index (χ1n) is 15.4. The standard InChI is InChI=1S/C34H39FN6O4S/c1-6-23-17-25(24-13-15-40(16-14-24)46(5,43)44)9-12-29(23)39(3)31-19-30-32(36-21-38(30)2)33(37-31)41(34(42)27-18-28(27)35)20-22-7-10-26(45-4)11-8-22/h7-13,17,19,21,27-28H,6,14-16,18,20H2,1-5H3/t27-,28+/m0/s1. The highest BCUT2D eigenvalue weighted by Crippen LogP contribution is 2.40. The lowest BCUT2D eigenvalue weighted by Gasteiger charge is -2.27. The molecule has 2 atom stereocenters. The maximum Gasteiger partial charge on any atom is 0.234 e. The van der Waals surface area contributed by atoms with Crippen molar-refractivity contribution >= 4 is 49.9 Å². The smallest absolute Gasteiger partial charge is 0.234 e. The maximum atomic E-state index is 14.3. The van der Waals surface area contributed by atoms with Gasteiger partial charge in [-0.1, -0.05) is 31.2 Å². The number of hydrogen-bond donors (Lipinski definition) is 0. The number of hydrogen-bond acceptors (Lipinski definition) is 7. The molecule has 0 radical (unpaired) electrons. The van der Waals surface area contributed by atoms with E-state index >= 15 is 0 Å². The summed E-state index contributed by atoms with van der Waals surface area (Å²) >= 11 is 0. The quantitative estimate of drug-likeness (QED) is 0.232. The minimum absolute atomic E-state index is 0.206. The van der Waals surface area contributed by atoms with Crippen LogP contribution in [0.25, 0.3) is 16.6 Å². The van der Waals surface area contributed by atoms with Crippen molar-refractivity contribution in [3.63, 3.8) is 0 Å². The van der Waals surface area contributed by atoms with Crippen LogP contribution in [0.4, 0.5) is 21.7 Å². The van der Waals surface area contributed by atoms with Crippen molar-refractivity contribution in [2.75, 3.05) is 43.3 Å². The van der Waals surface area contributed by atoms with Crippen LogP contribution in [0, 0.1) is 5.92 Å². The molecule has 10 nitrogen and oxygen atoms in total. The lowest BCUT2D eigenvalue weighted by Crippen LogP contribution is -2.33. The fourth-order valence-electron chi connectivity index (χ4n) is 5.98. The van der Waals surface area contributed by atoms with Gasteiger partial charge in [0.25, 0.3) is 0 Å². The maximum absolute atomic E-state index is 14.3. The van der Waals surface area contributed by atoms with Crippen molar-refractivity contribution < 1.29 is 22.3 Å². The Balaban J connectivity index is 1.38. The van der Waals surface area contributed by atoms with E-state index < -0.39 is 22.1 Å². The van der Waals surface area contributed by atoms with Crippen molar-refractivity contribution in [2.45, 2.75) is 38.9 Å². The first kappa shape index (κ1) is 31.7. The molecule has 4 aromatic rings. The van der Waals surface area contributed by atoms with Gasteiger partial charge in [0.1, 0.15) is 23.3 Å². The average molecular weight is 647 g/mol. The summed E-state index contributed by atoms with van der Waals surface area (Å²) in [6.45, 7) is 3.13. The number of aryl methyl sites for hydroxylation is 2. The Morgan fingerprint density at radius 1 is 1.15 bits per heavy atom. The molecular weight excluding hydrogens is 607 g/mol. The molecule has 1 amide bonds. The Hall–Kier alpha value is -4.29. The molecule has 0 saturated heterocycles. The van der Waals surface area contributed by atoms with Crippen molar-refractivity contribution in [1.82, 2.24) is 18.8 Å². The van der Waals surface area contributed by atoms with Crippen molar-refractivity contribution in [1.29, 1.82) is 0 Å². The zero-order valence-electron chi connectivity index (χ0n) is 26.8. The molecule has 242 valence electrons. The number of imidazole rings is 1. The second-order valence-electron chi connectivity index (χ2n) is 12.0. The highest BCUT2D eigenvalue weighted by atomic mass is 32.2. The second-order valence-corrected chi connectivity index (χ2v) is 14.0. The molecule has 0 N–H and O–H groups in total. The third kappa shape index (κ3) is 6.23. The summed E-state index contributed by atoms with van der Waals surface area (Å²) in [5, 5.41) is 0. The molecule has 3 heterocycles. The number of rotatable bonds is 10. The molecule has 1 fully saturated rings. The molecule has 2 aromatic heterocycles. The number of aromatic nitrogens is 3. The van der Waals surface area contributed by atoms with Crippen LogP contribution in [0.3, 0.4) is 0 Å². The summed E-state index contributed by atoms with van der Waals surface area (Å²) in [4.78, 5) is 26.9. The normalized spacial score (nSPS) is 18.3. The molecule has 1 aliphatic carbocycles. The molecular formula is C34H39FN6O4S. The van der Waals surface area contributed by atoms with E-state index in [1.165, 1.54) is 10.6 Å². The van der Waals surface area contributed by atoms with Crippen LogP contribution in [0.5, 0.6) is 5.75 Å². The lowest BCUT2D eigenvalue weighted by atomic mass is 9.96. The lowest BCUT2D eigenvalue weighted by molar-refractivity contribution is -0.120. The van der Waals surface area contributed by atoms with Crippen LogP contribution in [0.1, 0.15) is 36.5 Å². The molecule has 46 heavy (non-hydrogen) atoms. The second kappa shape index (κ2) is 12.5. The summed E-state index contributed by atoms with van der Waals surface area (Å²) in [6, 6.07) is 15.7. The molecule has 6 rings (SSSR count). The molecule has 0 unspecified atom stereocenters. The number of methoxy groups -OCH3 is 1. The highest BCUT2D eigenvalue weighted by Gasteiger charge is 2.46. The number of carbonyl (C=O) groups excluding carboxylic acids is 1. The van der Waals surface area contributed by atoms with Gasteiger partial charge in [-0.2, -0.15) is 4.31 Å². The fraction of sp³-hybridized carbons (Fsp3) is 0.382. The largest absolute Gasteiger partial charge is 0.497 e. The summed E-state index contributed by atoms with van der Waals surface area (Å²) in [6.07, 6.45) is 5.38. The number of halogens is 1. The Bertz CT molecular complexity index is 1920. The molecule has 2 aliphatic rings. The van der Waals surface area contributed by atoms with Crippen molar-refractivity contribution in [3.8, 4) is 5.75 Å². The Kier molecular flexibility index (Phi) is 8.60. The van der Waals surface area contributed by atoms with E-state index in [2.05, 4.69) is 30.1 Å². The van der Waals surface area contributed by atoms with E-state index in [4.69, 9.17) is 9.72 Å². The number of ether oxygens (including phenoxy) is 1. The van der Waals surface area contributed by atoms with Gasteiger partial charge >= 0.3 is 0 Å². The van der Waals surface area contributed by atoms with Gasteiger partial charge < -0.3 is 14.2 Å². The Morgan fingerprint density at radius 2 is 1.89 bits per heavy atom. The zero-order valence-corrected chi connectivity index (χ0v) is 27.6. The van der Waals surface area contributed by atoms with E-state index in [1.807, 2.05) is 60.0 Å². The third-order valence-corrected chi connectivity index (χ3v) is 10.2. The van der Waals surface area contributed by atoms with Gasteiger partial charge in [0.15, 0.2) is 5.82 Å². The average Bonchev–Trinajstić information content (AvgIpc) is 3.69. The molecule has 12 heteroatoms. The van der Waals surface area contributed by atoms with Crippen molar-refractivity contribution in [2.24, 2.45) is 13.0 Å². The molecule has 2 aromatic carbocycles. The summed E-state index contributed by atoms with van der Waals surface area (Å²) in [5.41, 5.74) is 6.47. The predicted molar refractivity (Wildman–Crippen MR) is 179 cm³/mol. The topological polar surface area (TPSA) is 101 Å². The number of benzene rings is 2. The third-order valence-electron chi connectivity index (χ3n) is 8.91. The van der Waals surface area contributed by atoms with E-state index in [9.17, 15) is 17.6 Å². The molecule has 0 bridgehead atoms.